The summed E-state index contributed by atoms with van der Waals surface area (Å²) in [6.45, 7) is 15.6. The third kappa shape index (κ3) is 4.28. The van der Waals surface area contributed by atoms with Crippen molar-refractivity contribution in [2.24, 2.45) is 0 Å². The molecular weight excluding hydrogens is 388 g/mol. The highest BCUT2D eigenvalue weighted by Crippen LogP contribution is 2.25. The maximum atomic E-state index is 13.0. The van der Waals surface area contributed by atoms with Gasteiger partial charge in [0.2, 0.25) is 0 Å². The highest BCUT2D eigenvalue weighted by molar-refractivity contribution is 6.07. The van der Waals surface area contributed by atoms with E-state index in [4.69, 9.17) is 0 Å². The third-order valence-corrected chi connectivity index (χ3v) is 6.14. The standard InChI is InChI=1S/C24H32N6O/c1-6-28-9-11-29(12-10-28)20-7-8-22(17(4)13-20)27-24(31)21-14-19-15-25-30(16(2)3)23(19)26-18(21)5/h7-8,13-16H,6,9-12H2,1-5H3,(H,27,31). The highest BCUT2D eigenvalue weighted by atomic mass is 16.1. The number of carbonyl (C=O) groups excluding carboxylic acids is 1. The molecule has 0 bridgehead atoms. The molecule has 2 aromatic heterocycles. The minimum Gasteiger partial charge on any atom is -0.369 e. The molecule has 1 aliphatic rings. The fraction of sp³-hybridized carbons (Fsp3) is 0.458. The molecule has 1 saturated heterocycles. The zero-order valence-electron chi connectivity index (χ0n) is 19.1. The lowest BCUT2D eigenvalue weighted by Gasteiger charge is -2.35. The number of rotatable bonds is 5. The molecule has 0 saturated carbocycles. The Morgan fingerprint density at radius 1 is 1.13 bits per heavy atom. The van der Waals surface area contributed by atoms with E-state index in [1.54, 1.807) is 6.20 Å². The van der Waals surface area contributed by atoms with Crippen LogP contribution in [-0.2, 0) is 0 Å². The Labute approximate surface area is 184 Å². The summed E-state index contributed by atoms with van der Waals surface area (Å²) in [5.41, 5.74) is 5.20. The smallest absolute Gasteiger partial charge is 0.257 e. The zero-order chi connectivity index (χ0) is 22.1. The monoisotopic (exact) mass is 420 g/mol. The Morgan fingerprint density at radius 3 is 2.52 bits per heavy atom. The Morgan fingerprint density at radius 2 is 1.87 bits per heavy atom. The van der Waals surface area contributed by atoms with Crippen molar-refractivity contribution in [2.45, 2.75) is 40.7 Å². The van der Waals surface area contributed by atoms with Crippen LogP contribution in [0.4, 0.5) is 11.4 Å². The van der Waals surface area contributed by atoms with Crippen molar-refractivity contribution in [1.82, 2.24) is 19.7 Å². The lowest BCUT2D eigenvalue weighted by atomic mass is 10.1. The van der Waals surface area contributed by atoms with E-state index in [1.807, 2.05) is 30.7 Å². The number of hydrogen-bond acceptors (Lipinski definition) is 5. The summed E-state index contributed by atoms with van der Waals surface area (Å²) in [7, 11) is 0. The number of fused-ring (bicyclic) bond motifs is 1. The van der Waals surface area contributed by atoms with Crippen LogP contribution < -0.4 is 10.2 Å². The van der Waals surface area contributed by atoms with Crippen LogP contribution in [0.1, 0.15) is 48.4 Å². The molecular formula is C24H32N6O. The molecule has 3 aromatic rings. The van der Waals surface area contributed by atoms with Crippen LogP contribution in [-0.4, -0.2) is 58.3 Å². The molecule has 31 heavy (non-hydrogen) atoms. The number of aryl methyl sites for hydroxylation is 2. The summed E-state index contributed by atoms with van der Waals surface area (Å²) >= 11 is 0. The van der Waals surface area contributed by atoms with Crippen LogP contribution >= 0.6 is 0 Å². The van der Waals surface area contributed by atoms with Crippen LogP contribution in [0.15, 0.2) is 30.5 Å². The van der Waals surface area contributed by atoms with Crippen molar-refractivity contribution >= 4 is 28.3 Å². The predicted molar refractivity (Wildman–Crippen MR) is 126 cm³/mol. The number of benzene rings is 1. The van der Waals surface area contributed by atoms with E-state index in [0.717, 1.165) is 55.0 Å². The quantitative estimate of drug-likeness (QED) is 0.675. The van der Waals surface area contributed by atoms with Crippen molar-refractivity contribution in [3.05, 3.63) is 47.3 Å². The minimum absolute atomic E-state index is 0.142. The van der Waals surface area contributed by atoms with Crippen LogP contribution in [0.5, 0.6) is 0 Å². The lowest BCUT2D eigenvalue weighted by Crippen LogP contribution is -2.46. The molecule has 1 N–H and O–H groups in total. The molecule has 1 aliphatic heterocycles. The van der Waals surface area contributed by atoms with Gasteiger partial charge in [0.05, 0.1) is 17.5 Å². The lowest BCUT2D eigenvalue weighted by molar-refractivity contribution is 0.102. The molecule has 164 valence electrons. The van der Waals surface area contributed by atoms with Gasteiger partial charge in [0, 0.05) is 49.0 Å². The Balaban J connectivity index is 1.51. The van der Waals surface area contributed by atoms with Crippen LogP contribution in [0.2, 0.25) is 0 Å². The highest BCUT2D eigenvalue weighted by Gasteiger charge is 2.18. The second kappa shape index (κ2) is 8.67. The SMILES string of the molecule is CCN1CCN(c2ccc(NC(=O)c3cc4cnn(C(C)C)c4nc3C)c(C)c2)CC1. The third-order valence-electron chi connectivity index (χ3n) is 6.14. The first kappa shape index (κ1) is 21.3. The average Bonchev–Trinajstić information content (AvgIpc) is 3.17. The van der Waals surface area contributed by atoms with Crippen molar-refractivity contribution in [3.63, 3.8) is 0 Å². The Hall–Kier alpha value is -2.93. The van der Waals surface area contributed by atoms with E-state index in [0.29, 0.717) is 11.3 Å². The number of aromatic nitrogens is 3. The molecule has 3 heterocycles. The first-order valence-electron chi connectivity index (χ1n) is 11.1. The van der Waals surface area contributed by atoms with Crippen molar-refractivity contribution in [2.75, 3.05) is 42.9 Å². The summed E-state index contributed by atoms with van der Waals surface area (Å²) in [5, 5.41) is 8.37. The van der Waals surface area contributed by atoms with E-state index >= 15 is 0 Å². The number of amides is 1. The van der Waals surface area contributed by atoms with Gasteiger partial charge in [-0.1, -0.05) is 6.92 Å². The second-order valence-electron chi connectivity index (χ2n) is 8.59. The summed E-state index contributed by atoms with van der Waals surface area (Å²) in [6.07, 6.45) is 1.77. The van der Waals surface area contributed by atoms with E-state index in [-0.39, 0.29) is 11.9 Å². The minimum atomic E-state index is -0.142. The number of piperazine rings is 1. The van der Waals surface area contributed by atoms with Gasteiger partial charge in [-0.15, -0.1) is 0 Å². The topological polar surface area (TPSA) is 66.3 Å². The van der Waals surface area contributed by atoms with Crippen molar-refractivity contribution < 1.29 is 4.79 Å². The number of nitrogens with one attached hydrogen (secondary N) is 1. The summed E-state index contributed by atoms with van der Waals surface area (Å²) < 4.78 is 1.88. The van der Waals surface area contributed by atoms with Gasteiger partial charge < -0.3 is 15.1 Å². The van der Waals surface area contributed by atoms with E-state index < -0.39 is 0 Å². The van der Waals surface area contributed by atoms with E-state index in [9.17, 15) is 4.79 Å². The molecule has 1 amide bonds. The molecule has 0 radical (unpaired) electrons. The molecule has 0 unspecified atom stereocenters. The maximum absolute atomic E-state index is 13.0. The Bertz CT molecular complexity index is 1090. The normalized spacial score (nSPS) is 15.1. The number of likely N-dealkylation sites (N-methyl/N-ethyl adjacent to an activating group) is 1. The van der Waals surface area contributed by atoms with Gasteiger partial charge in [-0.25, -0.2) is 9.67 Å². The van der Waals surface area contributed by atoms with Gasteiger partial charge >= 0.3 is 0 Å². The molecule has 1 aromatic carbocycles. The average molecular weight is 421 g/mol. The number of anilines is 2. The molecule has 7 heteroatoms. The van der Waals surface area contributed by atoms with Crippen LogP contribution in [0.3, 0.4) is 0 Å². The summed E-state index contributed by atoms with van der Waals surface area (Å²) in [6, 6.07) is 8.38. The van der Waals surface area contributed by atoms with Gasteiger partial charge in [0.1, 0.15) is 0 Å². The number of pyridine rings is 1. The molecule has 0 atom stereocenters. The van der Waals surface area contributed by atoms with Crippen molar-refractivity contribution in [3.8, 4) is 0 Å². The van der Waals surface area contributed by atoms with Crippen LogP contribution in [0.25, 0.3) is 11.0 Å². The number of nitrogens with zero attached hydrogens (tertiary/aromatic N) is 5. The summed E-state index contributed by atoms with van der Waals surface area (Å²) in [4.78, 5) is 22.6. The van der Waals surface area contributed by atoms with E-state index in [1.165, 1.54) is 5.69 Å². The Kier molecular flexibility index (Phi) is 5.96. The predicted octanol–water partition coefficient (Wildman–Crippen LogP) is 4.02. The van der Waals surface area contributed by atoms with Gasteiger partial charge in [-0.3, -0.25) is 4.79 Å². The first-order valence-corrected chi connectivity index (χ1v) is 11.1. The van der Waals surface area contributed by atoms with Crippen molar-refractivity contribution in [1.29, 1.82) is 0 Å². The van der Waals surface area contributed by atoms with Crippen LogP contribution in [0, 0.1) is 13.8 Å². The fourth-order valence-electron chi connectivity index (χ4n) is 4.17. The molecule has 1 fully saturated rings. The summed E-state index contributed by atoms with van der Waals surface area (Å²) in [5.74, 6) is -0.142. The maximum Gasteiger partial charge on any atom is 0.257 e. The van der Waals surface area contributed by atoms with Gasteiger partial charge in [0.25, 0.3) is 5.91 Å². The molecule has 4 rings (SSSR count). The molecule has 0 aliphatic carbocycles. The number of hydrogen-bond donors (Lipinski definition) is 1. The van der Waals surface area contributed by atoms with E-state index in [2.05, 4.69) is 58.1 Å². The first-order chi connectivity index (χ1) is 14.9. The number of carbonyl (C=O) groups is 1. The van der Waals surface area contributed by atoms with Gasteiger partial charge in [-0.2, -0.15) is 5.10 Å². The van der Waals surface area contributed by atoms with Gasteiger partial charge in [0.15, 0.2) is 5.65 Å². The molecule has 0 spiro atoms. The zero-order valence-corrected chi connectivity index (χ0v) is 19.1. The molecule has 7 nitrogen and oxygen atoms in total. The largest absolute Gasteiger partial charge is 0.369 e. The second-order valence-corrected chi connectivity index (χ2v) is 8.59. The van der Waals surface area contributed by atoms with Gasteiger partial charge in [-0.05, 0) is 64.1 Å². The fourth-order valence-corrected chi connectivity index (χ4v) is 4.17.